The summed E-state index contributed by atoms with van der Waals surface area (Å²) in [7, 11) is 0. The second-order valence-corrected chi connectivity index (χ2v) is 8.03. The van der Waals surface area contributed by atoms with Crippen molar-refractivity contribution in [3.8, 4) is 22.3 Å². The minimum atomic E-state index is 0.986. The number of rotatable bonds is 0. The predicted octanol–water partition coefficient (Wildman–Crippen LogP) is 7.32. The third-order valence-corrected chi connectivity index (χ3v) is 6.07. The second-order valence-electron chi connectivity index (χ2n) is 8.03. The van der Waals surface area contributed by atoms with Crippen LogP contribution in [0.1, 0.15) is 22.3 Å². The van der Waals surface area contributed by atoms with Crippen LogP contribution in [0.5, 0.6) is 0 Å². The quantitative estimate of drug-likeness (QED) is 0.274. The number of hydrogen-bond acceptors (Lipinski definition) is 1. The Bertz CT molecular complexity index is 1270. The lowest BCUT2D eigenvalue weighted by Crippen LogP contribution is -2.19. The highest BCUT2D eigenvalue weighted by molar-refractivity contribution is 6.04. The molecular formula is C27H21N. The van der Waals surface area contributed by atoms with E-state index in [0.717, 1.165) is 6.42 Å². The lowest BCUT2D eigenvalue weighted by Gasteiger charge is -2.35. The molecule has 0 aliphatic carbocycles. The summed E-state index contributed by atoms with van der Waals surface area (Å²) in [5.41, 5.74) is 14.6. The largest absolute Gasteiger partial charge is 0.309 e. The molecule has 0 bridgehead atoms. The summed E-state index contributed by atoms with van der Waals surface area (Å²) in [4.78, 5) is 2.50. The Morgan fingerprint density at radius 1 is 0.571 bits per heavy atom. The first-order chi connectivity index (χ1) is 13.7. The average molecular weight is 359 g/mol. The van der Waals surface area contributed by atoms with E-state index in [4.69, 9.17) is 0 Å². The van der Waals surface area contributed by atoms with Gasteiger partial charge in [0.2, 0.25) is 0 Å². The average Bonchev–Trinajstić information content (AvgIpc) is 2.82. The highest BCUT2D eigenvalue weighted by Crippen LogP contribution is 2.55. The normalized spacial score (nSPS) is 13.1. The monoisotopic (exact) mass is 359 g/mol. The van der Waals surface area contributed by atoms with Gasteiger partial charge in [-0.25, -0.2) is 0 Å². The molecule has 0 fully saturated rings. The zero-order valence-electron chi connectivity index (χ0n) is 16.2. The van der Waals surface area contributed by atoms with Crippen LogP contribution in [0.25, 0.3) is 22.3 Å². The molecule has 134 valence electrons. The molecule has 0 aromatic heterocycles. The highest BCUT2D eigenvalue weighted by Gasteiger charge is 2.32. The molecule has 0 saturated heterocycles. The highest BCUT2D eigenvalue weighted by atomic mass is 15.2. The van der Waals surface area contributed by atoms with Crippen molar-refractivity contribution >= 4 is 17.1 Å². The fourth-order valence-corrected chi connectivity index (χ4v) is 4.93. The maximum atomic E-state index is 2.50. The van der Waals surface area contributed by atoms with Gasteiger partial charge in [-0.1, -0.05) is 65.7 Å². The van der Waals surface area contributed by atoms with Crippen molar-refractivity contribution in [3.63, 3.8) is 0 Å². The van der Waals surface area contributed by atoms with Crippen LogP contribution in [-0.4, -0.2) is 0 Å². The van der Waals surface area contributed by atoms with E-state index >= 15 is 0 Å². The number of nitrogens with zero attached hydrogens (tertiary/aromatic N) is 1. The zero-order valence-corrected chi connectivity index (χ0v) is 16.2. The zero-order chi connectivity index (χ0) is 18.8. The molecule has 4 aromatic carbocycles. The third-order valence-electron chi connectivity index (χ3n) is 6.07. The fourth-order valence-electron chi connectivity index (χ4n) is 4.93. The molecule has 0 amide bonds. The van der Waals surface area contributed by atoms with Crippen LogP contribution in [0, 0.1) is 13.8 Å². The molecule has 2 aliphatic rings. The van der Waals surface area contributed by atoms with E-state index in [0.29, 0.717) is 0 Å². The van der Waals surface area contributed by atoms with Crippen LogP contribution in [0.15, 0.2) is 78.9 Å². The maximum absolute atomic E-state index is 2.50. The van der Waals surface area contributed by atoms with E-state index in [1.165, 1.54) is 61.6 Å². The minimum absolute atomic E-state index is 0.986. The molecular weight excluding hydrogens is 338 g/mol. The number of benzene rings is 4. The minimum Gasteiger partial charge on any atom is -0.309 e. The summed E-state index contributed by atoms with van der Waals surface area (Å²) in [5, 5.41) is 0. The van der Waals surface area contributed by atoms with Gasteiger partial charge in [-0.05, 0) is 60.4 Å². The standard InChI is InChI=1S/C27H21N/c1-17-11-12-26-23(14-17)21-8-4-5-9-22(21)24-15-18(2)13-20-16-19-7-3-6-10-25(19)28(26)27(20)24/h3-15H,16H2,1-2H3. The summed E-state index contributed by atoms with van der Waals surface area (Å²) >= 11 is 0. The van der Waals surface area contributed by atoms with Gasteiger partial charge in [0.15, 0.2) is 0 Å². The number of aryl methyl sites for hydroxylation is 2. The first-order valence-corrected chi connectivity index (χ1v) is 9.93. The van der Waals surface area contributed by atoms with E-state index in [9.17, 15) is 0 Å². The molecule has 0 spiro atoms. The Morgan fingerprint density at radius 3 is 2.14 bits per heavy atom. The molecule has 0 saturated carbocycles. The van der Waals surface area contributed by atoms with Gasteiger partial charge < -0.3 is 4.90 Å². The van der Waals surface area contributed by atoms with Gasteiger partial charge in [-0.2, -0.15) is 0 Å². The Balaban J connectivity index is 1.82. The Morgan fingerprint density at radius 2 is 1.29 bits per heavy atom. The first-order valence-electron chi connectivity index (χ1n) is 9.93. The lowest BCUT2D eigenvalue weighted by molar-refractivity contribution is 1.09. The van der Waals surface area contributed by atoms with Crippen molar-refractivity contribution in [2.24, 2.45) is 0 Å². The van der Waals surface area contributed by atoms with Crippen molar-refractivity contribution in [2.75, 3.05) is 4.90 Å². The summed E-state index contributed by atoms with van der Waals surface area (Å²) in [6.45, 7) is 4.40. The van der Waals surface area contributed by atoms with Gasteiger partial charge >= 0.3 is 0 Å². The molecule has 0 radical (unpaired) electrons. The molecule has 4 aromatic rings. The fraction of sp³-hybridized carbons (Fsp3) is 0.111. The van der Waals surface area contributed by atoms with Gasteiger partial charge in [0.05, 0.1) is 11.4 Å². The Labute approximate surface area is 165 Å². The molecule has 0 N–H and O–H groups in total. The van der Waals surface area contributed by atoms with Crippen molar-refractivity contribution in [2.45, 2.75) is 20.3 Å². The molecule has 6 rings (SSSR count). The summed E-state index contributed by atoms with van der Waals surface area (Å²) in [6.07, 6.45) is 0.986. The van der Waals surface area contributed by atoms with Gasteiger partial charge in [0, 0.05) is 23.2 Å². The molecule has 1 nitrogen and oxygen atoms in total. The molecule has 2 heterocycles. The van der Waals surface area contributed by atoms with E-state index in [2.05, 4.69) is 97.6 Å². The van der Waals surface area contributed by atoms with Crippen molar-refractivity contribution in [3.05, 3.63) is 101 Å². The number of fused-ring (bicyclic) bond motifs is 7. The number of hydrogen-bond donors (Lipinski definition) is 0. The lowest BCUT2D eigenvalue weighted by atomic mass is 9.89. The SMILES string of the molecule is Cc1ccc2c(c1)-c1ccccc1-c1cc(C)cc3c1N2c1ccccc1C3. The molecule has 0 atom stereocenters. The topological polar surface area (TPSA) is 3.24 Å². The molecule has 0 unspecified atom stereocenters. The summed E-state index contributed by atoms with van der Waals surface area (Å²) < 4.78 is 0. The van der Waals surface area contributed by atoms with Gasteiger partial charge in [0.25, 0.3) is 0 Å². The van der Waals surface area contributed by atoms with Crippen LogP contribution in [-0.2, 0) is 6.42 Å². The van der Waals surface area contributed by atoms with E-state index in [-0.39, 0.29) is 0 Å². The van der Waals surface area contributed by atoms with Crippen LogP contribution in [0.3, 0.4) is 0 Å². The second kappa shape index (κ2) is 5.59. The summed E-state index contributed by atoms with van der Waals surface area (Å²) in [6, 6.07) is 29.3. The summed E-state index contributed by atoms with van der Waals surface area (Å²) in [5.74, 6) is 0. The Hall–Kier alpha value is -3.32. The van der Waals surface area contributed by atoms with E-state index in [1.807, 2.05) is 0 Å². The third kappa shape index (κ3) is 2.07. The van der Waals surface area contributed by atoms with Crippen LogP contribution >= 0.6 is 0 Å². The van der Waals surface area contributed by atoms with Crippen molar-refractivity contribution < 1.29 is 0 Å². The van der Waals surface area contributed by atoms with Crippen LogP contribution in [0.4, 0.5) is 17.1 Å². The van der Waals surface area contributed by atoms with Crippen molar-refractivity contribution in [1.82, 2.24) is 0 Å². The van der Waals surface area contributed by atoms with Crippen molar-refractivity contribution in [1.29, 1.82) is 0 Å². The smallest absolute Gasteiger partial charge is 0.0576 e. The molecule has 1 heteroatoms. The first kappa shape index (κ1) is 15.7. The molecule has 28 heavy (non-hydrogen) atoms. The van der Waals surface area contributed by atoms with E-state index < -0.39 is 0 Å². The van der Waals surface area contributed by atoms with Gasteiger partial charge in [-0.15, -0.1) is 0 Å². The van der Waals surface area contributed by atoms with E-state index in [1.54, 1.807) is 0 Å². The van der Waals surface area contributed by atoms with Crippen LogP contribution < -0.4 is 4.90 Å². The number of anilines is 3. The predicted molar refractivity (Wildman–Crippen MR) is 118 cm³/mol. The number of para-hydroxylation sites is 1. The van der Waals surface area contributed by atoms with Crippen LogP contribution in [0.2, 0.25) is 0 Å². The Kier molecular flexibility index (Phi) is 3.14. The molecule has 2 aliphatic heterocycles. The van der Waals surface area contributed by atoms with Gasteiger partial charge in [-0.3, -0.25) is 0 Å². The van der Waals surface area contributed by atoms with Gasteiger partial charge in [0.1, 0.15) is 0 Å². The maximum Gasteiger partial charge on any atom is 0.0576 e.